The molecule has 0 unspecified atom stereocenters. The van der Waals surface area contributed by atoms with Crippen LogP contribution in [-0.2, 0) is 16.0 Å². The van der Waals surface area contributed by atoms with Gasteiger partial charge in [0.15, 0.2) is 17.7 Å². The number of para-hydroxylation sites is 1. The van der Waals surface area contributed by atoms with Crippen LogP contribution in [0.15, 0.2) is 48.5 Å². The number of hydrazine groups is 1. The summed E-state index contributed by atoms with van der Waals surface area (Å²) >= 11 is 0. The molecule has 0 bridgehead atoms. The number of halogens is 1. The molecule has 0 fully saturated rings. The van der Waals surface area contributed by atoms with Crippen LogP contribution >= 0.6 is 0 Å². The second kappa shape index (κ2) is 8.68. The molecular formula is C18H19FN2O4. The molecule has 0 spiro atoms. The van der Waals surface area contributed by atoms with E-state index in [2.05, 4.69) is 10.9 Å². The van der Waals surface area contributed by atoms with E-state index in [1.165, 1.54) is 25.1 Å². The fourth-order valence-electron chi connectivity index (χ4n) is 1.99. The largest absolute Gasteiger partial charge is 0.497 e. The summed E-state index contributed by atoms with van der Waals surface area (Å²) in [5.41, 5.74) is 5.32. The van der Waals surface area contributed by atoms with Gasteiger partial charge in [-0.15, -0.1) is 0 Å². The van der Waals surface area contributed by atoms with Crippen molar-refractivity contribution < 1.29 is 23.5 Å². The Balaban J connectivity index is 1.80. The molecule has 0 heterocycles. The third-order valence-electron chi connectivity index (χ3n) is 3.36. The maximum Gasteiger partial charge on any atom is 0.279 e. The molecule has 0 radical (unpaired) electrons. The van der Waals surface area contributed by atoms with Gasteiger partial charge in [-0.2, -0.15) is 0 Å². The van der Waals surface area contributed by atoms with E-state index in [9.17, 15) is 14.0 Å². The monoisotopic (exact) mass is 346 g/mol. The van der Waals surface area contributed by atoms with E-state index in [0.717, 1.165) is 5.56 Å². The summed E-state index contributed by atoms with van der Waals surface area (Å²) in [6.07, 6.45) is -0.884. The van der Waals surface area contributed by atoms with Crippen LogP contribution in [0.4, 0.5) is 4.39 Å². The minimum Gasteiger partial charge on any atom is -0.497 e. The number of rotatable bonds is 6. The Kier molecular flexibility index (Phi) is 6.33. The van der Waals surface area contributed by atoms with E-state index in [-0.39, 0.29) is 12.2 Å². The summed E-state index contributed by atoms with van der Waals surface area (Å²) in [7, 11) is 1.56. The van der Waals surface area contributed by atoms with Crippen molar-refractivity contribution in [3.63, 3.8) is 0 Å². The van der Waals surface area contributed by atoms with Gasteiger partial charge < -0.3 is 9.47 Å². The number of carbonyl (C=O) groups excluding carboxylic acids is 2. The fourth-order valence-corrected chi connectivity index (χ4v) is 1.99. The van der Waals surface area contributed by atoms with E-state index in [4.69, 9.17) is 9.47 Å². The fraction of sp³-hybridized carbons (Fsp3) is 0.222. The number of hydrogen-bond acceptors (Lipinski definition) is 4. The topological polar surface area (TPSA) is 76.7 Å². The quantitative estimate of drug-likeness (QED) is 0.785. The summed E-state index contributed by atoms with van der Waals surface area (Å²) in [6, 6.07) is 12.8. The van der Waals surface area contributed by atoms with Crippen molar-refractivity contribution >= 4 is 11.8 Å². The van der Waals surface area contributed by atoms with Crippen LogP contribution in [0.2, 0.25) is 0 Å². The molecule has 0 aliphatic carbocycles. The summed E-state index contributed by atoms with van der Waals surface area (Å²) in [4.78, 5) is 23.8. The van der Waals surface area contributed by atoms with Gasteiger partial charge in [0.25, 0.3) is 5.91 Å². The zero-order chi connectivity index (χ0) is 18.2. The molecule has 2 aromatic rings. The zero-order valence-corrected chi connectivity index (χ0v) is 13.9. The summed E-state index contributed by atoms with van der Waals surface area (Å²) < 4.78 is 23.8. The van der Waals surface area contributed by atoms with Gasteiger partial charge in [0, 0.05) is 0 Å². The number of nitrogens with one attached hydrogen (secondary N) is 2. The van der Waals surface area contributed by atoms with Crippen LogP contribution < -0.4 is 20.3 Å². The molecule has 0 aromatic heterocycles. The highest BCUT2D eigenvalue weighted by atomic mass is 19.1. The molecule has 1 atom stereocenters. The predicted octanol–water partition coefficient (Wildman–Crippen LogP) is 1.99. The van der Waals surface area contributed by atoms with Gasteiger partial charge in [-0.25, -0.2) is 4.39 Å². The van der Waals surface area contributed by atoms with Gasteiger partial charge >= 0.3 is 0 Å². The molecule has 2 rings (SSSR count). The van der Waals surface area contributed by atoms with E-state index >= 15 is 0 Å². The zero-order valence-electron chi connectivity index (χ0n) is 13.9. The first kappa shape index (κ1) is 18.3. The predicted molar refractivity (Wildman–Crippen MR) is 89.5 cm³/mol. The average molecular weight is 346 g/mol. The standard InChI is InChI=1S/C18H19FN2O4/c1-12(25-16-6-4-3-5-15(16)19)18(23)21-20-17(22)11-13-7-9-14(24-2)10-8-13/h3-10,12H,11H2,1-2H3,(H,20,22)(H,21,23)/t12-/m1/s1. The molecule has 25 heavy (non-hydrogen) atoms. The van der Waals surface area contributed by atoms with Gasteiger partial charge in [0.05, 0.1) is 13.5 Å². The van der Waals surface area contributed by atoms with Gasteiger partial charge in [-0.05, 0) is 36.8 Å². The molecule has 0 aliphatic heterocycles. The highest BCUT2D eigenvalue weighted by Crippen LogP contribution is 2.17. The number of hydrogen-bond donors (Lipinski definition) is 2. The number of methoxy groups -OCH3 is 1. The highest BCUT2D eigenvalue weighted by Gasteiger charge is 2.17. The summed E-state index contributed by atoms with van der Waals surface area (Å²) in [6.45, 7) is 1.46. The van der Waals surface area contributed by atoms with Crippen molar-refractivity contribution in [1.29, 1.82) is 0 Å². The lowest BCUT2D eigenvalue weighted by Gasteiger charge is -2.15. The van der Waals surface area contributed by atoms with E-state index < -0.39 is 23.7 Å². The molecule has 0 aliphatic rings. The number of carbonyl (C=O) groups is 2. The Labute approximate surface area is 144 Å². The average Bonchev–Trinajstić information content (AvgIpc) is 2.62. The molecule has 2 aromatic carbocycles. The number of amides is 2. The Morgan fingerprint density at radius 3 is 2.40 bits per heavy atom. The molecule has 0 saturated heterocycles. The van der Waals surface area contributed by atoms with Crippen LogP contribution in [0.3, 0.4) is 0 Å². The van der Waals surface area contributed by atoms with Crippen molar-refractivity contribution in [2.75, 3.05) is 7.11 Å². The van der Waals surface area contributed by atoms with Gasteiger partial charge in [0.1, 0.15) is 5.75 Å². The van der Waals surface area contributed by atoms with E-state index in [1.807, 2.05) is 0 Å². The first-order valence-electron chi connectivity index (χ1n) is 7.62. The van der Waals surface area contributed by atoms with Gasteiger partial charge in [0.2, 0.25) is 5.91 Å². The SMILES string of the molecule is COc1ccc(CC(=O)NNC(=O)[C@@H](C)Oc2ccccc2F)cc1. The molecule has 2 N–H and O–H groups in total. The van der Waals surface area contributed by atoms with Crippen LogP contribution in [0.1, 0.15) is 12.5 Å². The maximum atomic E-state index is 13.5. The third-order valence-corrected chi connectivity index (χ3v) is 3.36. The minimum absolute atomic E-state index is 0.0327. The van der Waals surface area contributed by atoms with Crippen LogP contribution in [-0.4, -0.2) is 25.0 Å². The molecule has 0 saturated carbocycles. The van der Waals surface area contributed by atoms with Gasteiger partial charge in [-0.1, -0.05) is 24.3 Å². The minimum atomic E-state index is -0.974. The summed E-state index contributed by atoms with van der Waals surface area (Å²) in [5, 5.41) is 0. The lowest BCUT2D eigenvalue weighted by atomic mass is 10.1. The highest BCUT2D eigenvalue weighted by molar-refractivity contribution is 5.85. The second-order valence-corrected chi connectivity index (χ2v) is 5.25. The molecule has 132 valence electrons. The first-order chi connectivity index (χ1) is 12.0. The normalized spacial score (nSPS) is 11.3. The molecule has 7 heteroatoms. The maximum absolute atomic E-state index is 13.5. The van der Waals surface area contributed by atoms with Crippen molar-refractivity contribution in [3.8, 4) is 11.5 Å². The first-order valence-corrected chi connectivity index (χ1v) is 7.62. The third kappa shape index (κ3) is 5.49. The Morgan fingerprint density at radius 1 is 1.08 bits per heavy atom. The molecule has 2 amide bonds. The Morgan fingerprint density at radius 2 is 1.76 bits per heavy atom. The Bertz CT molecular complexity index is 734. The van der Waals surface area contributed by atoms with Crippen LogP contribution in [0, 0.1) is 5.82 Å². The van der Waals surface area contributed by atoms with Crippen molar-refractivity contribution in [2.45, 2.75) is 19.4 Å². The molecule has 6 nitrogen and oxygen atoms in total. The second-order valence-electron chi connectivity index (χ2n) is 5.25. The Hall–Kier alpha value is -3.09. The van der Waals surface area contributed by atoms with Gasteiger partial charge in [-0.3, -0.25) is 20.4 Å². The van der Waals surface area contributed by atoms with Crippen molar-refractivity contribution in [2.24, 2.45) is 0 Å². The van der Waals surface area contributed by atoms with E-state index in [1.54, 1.807) is 37.4 Å². The van der Waals surface area contributed by atoms with Crippen LogP contribution in [0.5, 0.6) is 11.5 Å². The number of benzene rings is 2. The van der Waals surface area contributed by atoms with Crippen LogP contribution in [0.25, 0.3) is 0 Å². The lowest BCUT2D eigenvalue weighted by molar-refractivity contribution is -0.132. The van der Waals surface area contributed by atoms with Crippen molar-refractivity contribution in [1.82, 2.24) is 10.9 Å². The smallest absolute Gasteiger partial charge is 0.279 e. The van der Waals surface area contributed by atoms with Crippen molar-refractivity contribution in [3.05, 3.63) is 59.9 Å². The lowest BCUT2D eigenvalue weighted by Crippen LogP contribution is -2.47. The van der Waals surface area contributed by atoms with E-state index in [0.29, 0.717) is 5.75 Å². The molecular weight excluding hydrogens is 327 g/mol. The summed E-state index contributed by atoms with van der Waals surface area (Å²) in [5.74, 6) is -0.889. The number of ether oxygens (including phenoxy) is 2.